The van der Waals surface area contributed by atoms with Gasteiger partial charge >= 0.3 is 0 Å². The van der Waals surface area contributed by atoms with E-state index < -0.39 is 11.9 Å². The zero-order chi connectivity index (χ0) is 17.0. The number of anilines is 1. The first kappa shape index (κ1) is 17.2. The lowest BCUT2D eigenvalue weighted by Gasteiger charge is -2.25. The molecular weight excluding hydrogens is 299 g/mol. The highest BCUT2D eigenvalue weighted by atomic mass is 19.1. The molecule has 1 saturated heterocycles. The molecule has 1 heterocycles. The van der Waals surface area contributed by atoms with Crippen LogP contribution in [0, 0.1) is 5.82 Å². The van der Waals surface area contributed by atoms with Crippen LogP contribution < -0.4 is 10.1 Å². The second-order valence-corrected chi connectivity index (χ2v) is 5.91. The highest BCUT2D eigenvalue weighted by Crippen LogP contribution is 2.23. The fourth-order valence-electron chi connectivity index (χ4n) is 2.70. The monoisotopic (exact) mass is 322 g/mol. The van der Waals surface area contributed by atoms with Crippen LogP contribution in [-0.2, 0) is 9.59 Å². The molecule has 1 unspecified atom stereocenters. The van der Waals surface area contributed by atoms with Gasteiger partial charge in [-0.2, -0.15) is 0 Å². The van der Waals surface area contributed by atoms with E-state index in [-0.39, 0.29) is 23.6 Å². The Morgan fingerprint density at radius 3 is 2.70 bits per heavy atom. The number of hydrogen-bond acceptors (Lipinski definition) is 3. The van der Waals surface area contributed by atoms with Gasteiger partial charge in [-0.25, -0.2) is 4.39 Å². The Bertz CT molecular complexity index is 589. The number of ether oxygens (including phenoxy) is 1. The molecule has 6 heteroatoms. The number of likely N-dealkylation sites (tertiary alicyclic amines) is 1. The molecule has 5 nitrogen and oxygen atoms in total. The topological polar surface area (TPSA) is 58.6 Å². The molecule has 0 saturated carbocycles. The van der Waals surface area contributed by atoms with E-state index in [1.807, 2.05) is 20.8 Å². The molecular formula is C17H23FN2O3. The SMILES string of the molecule is CCC(C(=O)Nc1ccc(OC(C)C)cc1F)N1CCCC1=O. The second kappa shape index (κ2) is 7.44. The van der Waals surface area contributed by atoms with E-state index in [0.29, 0.717) is 25.1 Å². The first-order valence-electron chi connectivity index (χ1n) is 7.99. The molecule has 23 heavy (non-hydrogen) atoms. The predicted octanol–water partition coefficient (Wildman–Crippen LogP) is 2.95. The zero-order valence-electron chi connectivity index (χ0n) is 13.8. The van der Waals surface area contributed by atoms with Crippen molar-refractivity contribution in [1.29, 1.82) is 0 Å². The van der Waals surface area contributed by atoms with Crippen molar-refractivity contribution in [3.05, 3.63) is 24.0 Å². The minimum absolute atomic E-state index is 0.0202. The van der Waals surface area contributed by atoms with Crippen LogP contribution in [-0.4, -0.2) is 35.4 Å². The third-order valence-corrected chi connectivity index (χ3v) is 3.75. The summed E-state index contributed by atoms with van der Waals surface area (Å²) in [5, 5.41) is 2.58. The summed E-state index contributed by atoms with van der Waals surface area (Å²) in [6, 6.07) is 3.78. The van der Waals surface area contributed by atoms with Crippen LogP contribution in [0.15, 0.2) is 18.2 Å². The van der Waals surface area contributed by atoms with Gasteiger partial charge in [0.25, 0.3) is 0 Å². The van der Waals surface area contributed by atoms with Crippen molar-refractivity contribution in [2.24, 2.45) is 0 Å². The smallest absolute Gasteiger partial charge is 0.247 e. The third-order valence-electron chi connectivity index (χ3n) is 3.75. The van der Waals surface area contributed by atoms with Crippen molar-refractivity contribution in [1.82, 2.24) is 4.90 Å². The quantitative estimate of drug-likeness (QED) is 0.876. The minimum atomic E-state index is -0.559. The maximum absolute atomic E-state index is 14.1. The van der Waals surface area contributed by atoms with Gasteiger partial charge < -0.3 is 15.0 Å². The summed E-state index contributed by atoms with van der Waals surface area (Å²) < 4.78 is 19.5. The highest BCUT2D eigenvalue weighted by Gasteiger charge is 2.31. The largest absolute Gasteiger partial charge is 0.491 e. The third kappa shape index (κ3) is 4.21. The number of carbonyl (C=O) groups excluding carboxylic acids is 2. The summed E-state index contributed by atoms with van der Waals surface area (Å²) in [6.45, 7) is 6.12. The van der Waals surface area contributed by atoms with Crippen LogP contribution in [0.5, 0.6) is 5.75 Å². The van der Waals surface area contributed by atoms with Gasteiger partial charge in [0.2, 0.25) is 11.8 Å². The van der Waals surface area contributed by atoms with E-state index in [0.717, 1.165) is 6.42 Å². The summed E-state index contributed by atoms with van der Waals surface area (Å²) in [4.78, 5) is 25.8. The first-order valence-corrected chi connectivity index (χ1v) is 7.99. The number of rotatable bonds is 6. The molecule has 2 rings (SSSR count). The molecule has 1 atom stereocenters. The Morgan fingerprint density at radius 1 is 1.43 bits per heavy atom. The van der Waals surface area contributed by atoms with Crippen molar-refractivity contribution in [3.63, 3.8) is 0 Å². The highest BCUT2D eigenvalue weighted by molar-refractivity contribution is 5.97. The Kier molecular flexibility index (Phi) is 5.58. The Hall–Kier alpha value is -2.11. The fraction of sp³-hybridized carbons (Fsp3) is 0.529. The van der Waals surface area contributed by atoms with Crippen LogP contribution in [0.2, 0.25) is 0 Å². The Morgan fingerprint density at radius 2 is 2.17 bits per heavy atom. The van der Waals surface area contributed by atoms with E-state index in [4.69, 9.17) is 4.74 Å². The molecule has 1 fully saturated rings. The van der Waals surface area contributed by atoms with Gasteiger partial charge in [-0.3, -0.25) is 9.59 Å². The van der Waals surface area contributed by atoms with Crippen LogP contribution in [0.4, 0.5) is 10.1 Å². The standard InChI is InChI=1S/C17H23FN2O3/c1-4-15(20-9-5-6-16(20)21)17(22)19-14-8-7-12(10-13(14)18)23-11(2)3/h7-8,10-11,15H,4-6,9H2,1-3H3,(H,19,22). The maximum atomic E-state index is 14.1. The molecule has 126 valence electrons. The molecule has 0 aliphatic carbocycles. The van der Waals surface area contributed by atoms with Crippen molar-refractivity contribution >= 4 is 17.5 Å². The summed E-state index contributed by atoms with van der Waals surface area (Å²) in [5.74, 6) is -0.524. The molecule has 1 N–H and O–H groups in total. The zero-order valence-corrected chi connectivity index (χ0v) is 13.8. The molecule has 0 bridgehead atoms. The molecule has 2 amide bonds. The predicted molar refractivity (Wildman–Crippen MR) is 85.8 cm³/mol. The van der Waals surface area contributed by atoms with E-state index in [9.17, 15) is 14.0 Å². The summed E-state index contributed by atoms with van der Waals surface area (Å²) >= 11 is 0. The summed E-state index contributed by atoms with van der Waals surface area (Å²) in [6.07, 6.45) is 1.67. The lowest BCUT2D eigenvalue weighted by atomic mass is 10.1. The Labute approximate surface area is 135 Å². The molecule has 0 aromatic heterocycles. The van der Waals surface area contributed by atoms with Gasteiger partial charge in [0.05, 0.1) is 11.8 Å². The average Bonchev–Trinajstić information content (AvgIpc) is 2.88. The summed E-state index contributed by atoms with van der Waals surface area (Å²) in [7, 11) is 0. The first-order chi connectivity index (χ1) is 10.9. The van der Waals surface area contributed by atoms with Gasteiger partial charge in [0, 0.05) is 19.0 Å². The number of nitrogens with one attached hydrogen (secondary N) is 1. The second-order valence-electron chi connectivity index (χ2n) is 5.91. The molecule has 1 aromatic carbocycles. The van der Waals surface area contributed by atoms with E-state index >= 15 is 0 Å². The van der Waals surface area contributed by atoms with Gasteiger partial charge in [0.1, 0.15) is 17.6 Å². The van der Waals surface area contributed by atoms with Crippen molar-refractivity contribution in [2.45, 2.75) is 52.2 Å². The lowest BCUT2D eigenvalue weighted by molar-refractivity contribution is -0.135. The van der Waals surface area contributed by atoms with Gasteiger partial charge in [-0.05, 0) is 38.8 Å². The van der Waals surface area contributed by atoms with E-state index in [1.165, 1.54) is 12.1 Å². The number of halogens is 1. The minimum Gasteiger partial charge on any atom is -0.491 e. The lowest BCUT2D eigenvalue weighted by Crippen LogP contribution is -2.44. The molecule has 0 spiro atoms. The summed E-state index contributed by atoms with van der Waals surface area (Å²) in [5.41, 5.74) is 0.0937. The fourth-order valence-corrected chi connectivity index (χ4v) is 2.70. The number of hydrogen-bond donors (Lipinski definition) is 1. The molecule has 1 aliphatic rings. The maximum Gasteiger partial charge on any atom is 0.247 e. The normalized spacial score (nSPS) is 15.9. The Balaban J connectivity index is 2.08. The van der Waals surface area contributed by atoms with E-state index in [1.54, 1.807) is 11.0 Å². The van der Waals surface area contributed by atoms with Crippen LogP contribution in [0.25, 0.3) is 0 Å². The van der Waals surface area contributed by atoms with Crippen LogP contribution in [0.3, 0.4) is 0 Å². The van der Waals surface area contributed by atoms with Gasteiger partial charge in [0.15, 0.2) is 0 Å². The average molecular weight is 322 g/mol. The number of amides is 2. The van der Waals surface area contributed by atoms with Crippen molar-refractivity contribution < 1.29 is 18.7 Å². The van der Waals surface area contributed by atoms with Crippen LogP contribution in [0.1, 0.15) is 40.0 Å². The van der Waals surface area contributed by atoms with Crippen LogP contribution >= 0.6 is 0 Å². The molecule has 0 radical (unpaired) electrons. The molecule has 1 aliphatic heterocycles. The molecule has 1 aromatic rings. The van der Waals surface area contributed by atoms with Gasteiger partial charge in [-0.1, -0.05) is 6.92 Å². The number of carbonyl (C=O) groups is 2. The number of nitrogens with zero attached hydrogens (tertiary/aromatic N) is 1. The number of benzene rings is 1. The van der Waals surface area contributed by atoms with Crippen molar-refractivity contribution in [3.8, 4) is 5.75 Å². The van der Waals surface area contributed by atoms with E-state index in [2.05, 4.69) is 5.32 Å². The van der Waals surface area contributed by atoms with Crippen molar-refractivity contribution in [2.75, 3.05) is 11.9 Å². The van der Waals surface area contributed by atoms with Gasteiger partial charge in [-0.15, -0.1) is 0 Å².